The highest BCUT2D eigenvalue weighted by Crippen LogP contribution is 2.32. The molecule has 2 heterocycles. The third-order valence-corrected chi connectivity index (χ3v) is 6.39. The predicted octanol–water partition coefficient (Wildman–Crippen LogP) is 4.39. The maximum absolute atomic E-state index is 10.2. The lowest BCUT2D eigenvalue weighted by atomic mass is 9.95. The largest absolute Gasteiger partial charge is 0.508 e. The molecule has 1 aromatic carbocycles. The molecule has 0 bridgehead atoms. The molecule has 0 aliphatic heterocycles. The second-order valence-electron chi connectivity index (χ2n) is 9.17. The molecule has 0 amide bonds. The van der Waals surface area contributed by atoms with Gasteiger partial charge >= 0.3 is 0 Å². The summed E-state index contributed by atoms with van der Waals surface area (Å²) in [5.41, 5.74) is 3.40. The van der Waals surface area contributed by atoms with Gasteiger partial charge in [-0.25, -0.2) is 4.98 Å². The monoisotopic (exact) mass is 438 g/mol. The number of anilines is 2. The molecule has 1 fully saturated rings. The van der Waals surface area contributed by atoms with Gasteiger partial charge in [0.05, 0.1) is 19.0 Å². The van der Waals surface area contributed by atoms with Crippen molar-refractivity contribution in [1.82, 2.24) is 19.5 Å². The van der Waals surface area contributed by atoms with Gasteiger partial charge in [0.1, 0.15) is 5.75 Å². The molecule has 172 valence electrons. The van der Waals surface area contributed by atoms with Gasteiger partial charge < -0.3 is 25.4 Å². The van der Waals surface area contributed by atoms with E-state index in [0.29, 0.717) is 24.4 Å². The van der Waals surface area contributed by atoms with Crippen molar-refractivity contribution in [3.63, 3.8) is 0 Å². The van der Waals surface area contributed by atoms with Crippen molar-refractivity contribution < 1.29 is 10.2 Å². The van der Waals surface area contributed by atoms with Gasteiger partial charge in [-0.1, -0.05) is 50.8 Å². The first-order chi connectivity index (χ1) is 15.5. The zero-order valence-electron chi connectivity index (χ0n) is 19.2. The maximum atomic E-state index is 10.2. The van der Waals surface area contributed by atoms with E-state index in [0.717, 1.165) is 35.1 Å². The number of aryl methyl sites for hydroxylation is 1. The van der Waals surface area contributed by atoms with Crippen LogP contribution in [0.2, 0.25) is 0 Å². The highest BCUT2D eigenvalue weighted by Gasteiger charge is 2.22. The standard InChI is InChI=1S/C24H34N6O2/c1-15(2)19(13-31)27-24-28-22(25-12-17-11-16(3)9-10-20(17)32)21-23(29-24)30(14-26-21)18-7-5-4-6-8-18/h9-11,14-15,18-19,31-32H,4-8,12-13H2,1-3H3,(H2,25,27,28,29). The summed E-state index contributed by atoms with van der Waals surface area (Å²) in [7, 11) is 0. The number of aliphatic hydroxyl groups excluding tert-OH is 1. The number of phenols is 1. The van der Waals surface area contributed by atoms with E-state index in [2.05, 4.69) is 34.0 Å². The molecule has 8 heteroatoms. The SMILES string of the molecule is Cc1ccc(O)c(CNc2nc(NC(CO)C(C)C)nc3c2ncn3C2CCCCC2)c1. The first kappa shape index (κ1) is 22.3. The van der Waals surface area contributed by atoms with Crippen LogP contribution in [0.1, 0.15) is 63.1 Å². The van der Waals surface area contributed by atoms with Gasteiger partial charge in [-0.3, -0.25) is 0 Å². The summed E-state index contributed by atoms with van der Waals surface area (Å²) in [5, 5.41) is 26.7. The fraction of sp³-hybridized carbons (Fsp3) is 0.542. The van der Waals surface area contributed by atoms with Crippen LogP contribution >= 0.6 is 0 Å². The number of aromatic nitrogens is 4. The quantitative estimate of drug-likeness (QED) is 0.413. The summed E-state index contributed by atoms with van der Waals surface area (Å²) in [4.78, 5) is 14.2. The average molecular weight is 439 g/mol. The van der Waals surface area contributed by atoms with Gasteiger partial charge in [0, 0.05) is 18.2 Å². The van der Waals surface area contributed by atoms with E-state index in [4.69, 9.17) is 9.97 Å². The maximum Gasteiger partial charge on any atom is 0.227 e. The fourth-order valence-corrected chi connectivity index (χ4v) is 4.35. The first-order valence-corrected chi connectivity index (χ1v) is 11.6. The molecule has 1 unspecified atom stereocenters. The van der Waals surface area contributed by atoms with Crippen molar-refractivity contribution in [2.75, 3.05) is 17.2 Å². The molecule has 3 aromatic rings. The van der Waals surface area contributed by atoms with Crippen molar-refractivity contribution in [2.45, 2.75) is 71.5 Å². The van der Waals surface area contributed by atoms with Gasteiger partial charge in [-0.15, -0.1) is 0 Å². The molecule has 0 spiro atoms. The number of aromatic hydroxyl groups is 1. The lowest BCUT2D eigenvalue weighted by molar-refractivity contribution is 0.248. The minimum Gasteiger partial charge on any atom is -0.508 e. The first-order valence-electron chi connectivity index (χ1n) is 11.6. The molecule has 0 radical (unpaired) electrons. The van der Waals surface area contributed by atoms with Crippen LogP contribution in [0.15, 0.2) is 24.5 Å². The van der Waals surface area contributed by atoms with Gasteiger partial charge in [0.15, 0.2) is 17.0 Å². The Morgan fingerprint density at radius 2 is 1.94 bits per heavy atom. The van der Waals surface area contributed by atoms with Crippen LogP contribution in [0.25, 0.3) is 11.2 Å². The topological polar surface area (TPSA) is 108 Å². The second kappa shape index (κ2) is 9.73. The third kappa shape index (κ3) is 4.80. The van der Waals surface area contributed by atoms with E-state index in [1.807, 2.05) is 25.4 Å². The Bertz CT molecular complexity index is 1060. The summed E-state index contributed by atoms with van der Waals surface area (Å²) in [6, 6.07) is 5.80. The van der Waals surface area contributed by atoms with E-state index in [1.165, 1.54) is 19.3 Å². The lowest BCUT2D eigenvalue weighted by Gasteiger charge is -2.24. The van der Waals surface area contributed by atoms with Crippen molar-refractivity contribution in [3.05, 3.63) is 35.7 Å². The van der Waals surface area contributed by atoms with Gasteiger partial charge in [0.25, 0.3) is 0 Å². The van der Waals surface area contributed by atoms with Crippen LogP contribution in [0, 0.1) is 12.8 Å². The normalized spacial score (nSPS) is 15.9. The minimum absolute atomic E-state index is 0.000870. The second-order valence-corrected chi connectivity index (χ2v) is 9.17. The summed E-state index contributed by atoms with van der Waals surface area (Å²) < 4.78 is 2.18. The Morgan fingerprint density at radius 3 is 2.66 bits per heavy atom. The average Bonchev–Trinajstić information content (AvgIpc) is 3.22. The highest BCUT2D eigenvalue weighted by atomic mass is 16.3. The van der Waals surface area contributed by atoms with E-state index in [9.17, 15) is 10.2 Å². The van der Waals surface area contributed by atoms with E-state index in [-0.39, 0.29) is 24.3 Å². The molecule has 2 aromatic heterocycles. The number of benzene rings is 1. The number of rotatable bonds is 8. The number of nitrogens with zero attached hydrogens (tertiary/aromatic N) is 4. The number of fused-ring (bicyclic) bond motifs is 1. The molecule has 4 N–H and O–H groups in total. The number of hydrogen-bond acceptors (Lipinski definition) is 7. The van der Waals surface area contributed by atoms with E-state index in [1.54, 1.807) is 6.07 Å². The molecule has 32 heavy (non-hydrogen) atoms. The van der Waals surface area contributed by atoms with Crippen LogP contribution in [0.4, 0.5) is 11.8 Å². The highest BCUT2D eigenvalue weighted by molar-refractivity contribution is 5.84. The summed E-state index contributed by atoms with van der Waals surface area (Å²) in [5.74, 6) is 1.56. The number of nitrogens with one attached hydrogen (secondary N) is 2. The lowest BCUT2D eigenvalue weighted by Crippen LogP contribution is -2.30. The number of aliphatic hydroxyl groups is 1. The Morgan fingerprint density at radius 1 is 1.16 bits per heavy atom. The van der Waals surface area contributed by atoms with Crippen molar-refractivity contribution in [3.8, 4) is 5.75 Å². The Balaban J connectivity index is 1.70. The minimum atomic E-state index is -0.146. The predicted molar refractivity (Wildman–Crippen MR) is 127 cm³/mol. The molecular formula is C24H34N6O2. The van der Waals surface area contributed by atoms with Crippen molar-refractivity contribution in [2.24, 2.45) is 5.92 Å². The molecular weight excluding hydrogens is 404 g/mol. The third-order valence-electron chi connectivity index (χ3n) is 6.39. The molecule has 0 saturated heterocycles. The van der Waals surface area contributed by atoms with Crippen LogP contribution < -0.4 is 10.6 Å². The van der Waals surface area contributed by atoms with Crippen LogP contribution in [-0.2, 0) is 6.54 Å². The smallest absolute Gasteiger partial charge is 0.227 e. The number of hydrogen-bond donors (Lipinski definition) is 4. The molecule has 1 aliphatic rings. The molecule has 1 atom stereocenters. The van der Waals surface area contributed by atoms with Crippen LogP contribution in [0.5, 0.6) is 5.75 Å². The molecule has 4 rings (SSSR count). The molecule has 1 saturated carbocycles. The Hall–Kier alpha value is -2.87. The summed E-state index contributed by atoms with van der Waals surface area (Å²) in [6.07, 6.45) is 7.86. The number of imidazole rings is 1. The van der Waals surface area contributed by atoms with E-state index < -0.39 is 0 Å². The van der Waals surface area contributed by atoms with Gasteiger partial charge in [0.2, 0.25) is 5.95 Å². The number of phenolic OH excluding ortho intramolecular Hbond substituents is 1. The Kier molecular flexibility index (Phi) is 6.79. The van der Waals surface area contributed by atoms with Crippen LogP contribution in [0.3, 0.4) is 0 Å². The zero-order valence-corrected chi connectivity index (χ0v) is 19.2. The Labute approximate surface area is 189 Å². The van der Waals surface area contributed by atoms with Gasteiger partial charge in [-0.05, 0) is 31.7 Å². The van der Waals surface area contributed by atoms with Crippen molar-refractivity contribution in [1.29, 1.82) is 0 Å². The molecule has 1 aliphatic carbocycles. The van der Waals surface area contributed by atoms with Crippen molar-refractivity contribution >= 4 is 22.9 Å². The van der Waals surface area contributed by atoms with Crippen LogP contribution in [-0.4, -0.2) is 42.4 Å². The summed E-state index contributed by atoms with van der Waals surface area (Å²) >= 11 is 0. The van der Waals surface area contributed by atoms with Gasteiger partial charge in [-0.2, -0.15) is 9.97 Å². The molecule has 8 nitrogen and oxygen atoms in total. The summed E-state index contributed by atoms with van der Waals surface area (Å²) in [6.45, 7) is 6.53. The fourth-order valence-electron chi connectivity index (χ4n) is 4.35. The van der Waals surface area contributed by atoms with E-state index >= 15 is 0 Å². The zero-order chi connectivity index (χ0) is 22.7.